The summed E-state index contributed by atoms with van der Waals surface area (Å²) < 4.78 is 14.9. The fraction of sp³-hybridized carbons (Fsp3) is 0. The van der Waals surface area contributed by atoms with Crippen molar-refractivity contribution in [1.82, 2.24) is 0 Å². The van der Waals surface area contributed by atoms with Gasteiger partial charge in [-0.25, -0.2) is 4.39 Å². The van der Waals surface area contributed by atoms with Gasteiger partial charge < -0.3 is 5.32 Å². The SMILES string of the molecule is O=C(Nc1ccc(Cl)cc1Br)c1ccc(Br)cc1F. The molecule has 0 fully saturated rings. The van der Waals surface area contributed by atoms with Gasteiger partial charge in [-0.05, 0) is 52.3 Å². The standard InChI is InChI=1S/C13H7Br2ClFNO/c14-7-1-3-9(11(17)5-7)13(19)18-12-4-2-8(16)6-10(12)15/h1-6H,(H,18,19). The third kappa shape index (κ3) is 3.55. The van der Waals surface area contributed by atoms with E-state index in [0.717, 1.165) is 0 Å². The number of rotatable bonds is 2. The van der Waals surface area contributed by atoms with Crippen LogP contribution < -0.4 is 5.32 Å². The van der Waals surface area contributed by atoms with E-state index in [0.29, 0.717) is 19.7 Å². The smallest absolute Gasteiger partial charge is 0.258 e. The van der Waals surface area contributed by atoms with Crippen molar-refractivity contribution in [2.75, 3.05) is 5.32 Å². The third-order valence-corrected chi connectivity index (χ3v) is 3.74. The summed E-state index contributed by atoms with van der Waals surface area (Å²) in [5, 5.41) is 3.16. The molecular formula is C13H7Br2ClFNO. The predicted octanol–water partition coefficient (Wildman–Crippen LogP) is 5.26. The highest BCUT2D eigenvalue weighted by molar-refractivity contribution is 9.10. The van der Waals surface area contributed by atoms with Crippen molar-refractivity contribution in [3.05, 3.63) is 61.7 Å². The molecule has 0 saturated heterocycles. The molecule has 0 saturated carbocycles. The number of halogens is 4. The predicted molar refractivity (Wildman–Crippen MR) is 81.2 cm³/mol. The van der Waals surface area contributed by atoms with Crippen molar-refractivity contribution in [1.29, 1.82) is 0 Å². The van der Waals surface area contributed by atoms with Crippen LogP contribution >= 0.6 is 43.5 Å². The number of carbonyl (C=O) groups is 1. The summed E-state index contributed by atoms with van der Waals surface area (Å²) in [5.74, 6) is -1.11. The first-order valence-corrected chi connectivity index (χ1v) is 7.15. The second-order valence-electron chi connectivity index (χ2n) is 3.70. The largest absolute Gasteiger partial charge is 0.321 e. The summed E-state index contributed by atoms with van der Waals surface area (Å²) in [6, 6.07) is 9.19. The molecule has 0 unspecified atom stereocenters. The van der Waals surface area contributed by atoms with Gasteiger partial charge >= 0.3 is 0 Å². The van der Waals surface area contributed by atoms with Crippen molar-refractivity contribution in [3.63, 3.8) is 0 Å². The first-order valence-electron chi connectivity index (χ1n) is 5.19. The van der Waals surface area contributed by atoms with Crippen LogP contribution in [0.15, 0.2) is 45.3 Å². The lowest BCUT2D eigenvalue weighted by Crippen LogP contribution is -2.14. The molecular weight excluding hydrogens is 400 g/mol. The van der Waals surface area contributed by atoms with Crippen LogP contribution in [-0.2, 0) is 0 Å². The number of anilines is 1. The second kappa shape index (κ2) is 6.03. The molecule has 19 heavy (non-hydrogen) atoms. The Bertz CT molecular complexity index is 649. The maximum Gasteiger partial charge on any atom is 0.258 e. The van der Waals surface area contributed by atoms with E-state index in [1.807, 2.05) is 0 Å². The van der Waals surface area contributed by atoms with Gasteiger partial charge in [-0.15, -0.1) is 0 Å². The summed E-state index contributed by atoms with van der Waals surface area (Å²) in [6.07, 6.45) is 0. The van der Waals surface area contributed by atoms with Crippen LogP contribution in [0, 0.1) is 5.82 Å². The molecule has 0 aromatic heterocycles. The number of benzene rings is 2. The molecule has 1 N–H and O–H groups in total. The van der Waals surface area contributed by atoms with Crippen LogP contribution in [-0.4, -0.2) is 5.91 Å². The lowest BCUT2D eigenvalue weighted by molar-refractivity contribution is 0.102. The molecule has 0 radical (unpaired) electrons. The van der Waals surface area contributed by atoms with E-state index in [2.05, 4.69) is 37.2 Å². The zero-order chi connectivity index (χ0) is 14.0. The Morgan fingerprint density at radius 3 is 2.53 bits per heavy atom. The van der Waals surface area contributed by atoms with Gasteiger partial charge in [0.2, 0.25) is 0 Å². The van der Waals surface area contributed by atoms with Gasteiger partial charge in [0, 0.05) is 14.0 Å². The fourth-order valence-corrected chi connectivity index (χ4v) is 2.57. The Kier molecular flexibility index (Phi) is 4.60. The van der Waals surface area contributed by atoms with E-state index in [-0.39, 0.29) is 5.56 Å². The Hall–Kier alpha value is -0.910. The normalized spacial score (nSPS) is 10.3. The molecule has 6 heteroatoms. The summed E-state index contributed by atoms with van der Waals surface area (Å²) in [7, 11) is 0. The van der Waals surface area contributed by atoms with Crippen LogP contribution in [0.25, 0.3) is 0 Å². The average Bonchev–Trinajstić information content (AvgIpc) is 2.32. The second-order valence-corrected chi connectivity index (χ2v) is 5.91. The molecule has 2 nitrogen and oxygen atoms in total. The topological polar surface area (TPSA) is 29.1 Å². The summed E-state index contributed by atoms with van der Waals surface area (Å²) >= 11 is 12.2. The van der Waals surface area contributed by atoms with Crippen molar-refractivity contribution in [2.45, 2.75) is 0 Å². The van der Waals surface area contributed by atoms with Gasteiger partial charge in [0.05, 0.1) is 11.3 Å². The zero-order valence-corrected chi connectivity index (χ0v) is 13.3. The number of carbonyl (C=O) groups excluding carboxylic acids is 1. The minimum Gasteiger partial charge on any atom is -0.321 e. The van der Waals surface area contributed by atoms with Crippen molar-refractivity contribution in [3.8, 4) is 0 Å². The van der Waals surface area contributed by atoms with Gasteiger partial charge in [-0.2, -0.15) is 0 Å². The Morgan fingerprint density at radius 1 is 1.16 bits per heavy atom. The van der Waals surface area contributed by atoms with E-state index in [1.165, 1.54) is 12.1 Å². The summed E-state index contributed by atoms with van der Waals surface area (Å²) in [6.45, 7) is 0. The van der Waals surface area contributed by atoms with E-state index < -0.39 is 11.7 Å². The number of amides is 1. The lowest BCUT2D eigenvalue weighted by Gasteiger charge is -2.08. The van der Waals surface area contributed by atoms with Crippen LogP contribution in [0.2, 0.25) is 5.02 Å². The highest BCUT2D eigenvalue weighted by Crippen LogP contribution is 2.26. The Balaban J connectivity index is 2.25. The number of hydrogen-bond acceptors (Lipinski definition) is 1. The molecule has 2 aromatic rings. The molecule has 0 aliphatic heterocycles. The first-order chi connectivity index (χ1) is 8.97. The highest BCUT2D eigenvalue weighted by atomic mass is 79.9. The van der Waals surface area contributed by atoms with E-state index in [9.17, 15) is 9.18 Å². The summed E-state index contributed by atoms with van der Waals surface area (Å²) in [5.41, 5.74) is 0.502. The quantitative estimate of drug-likeness (QED) is 0.723. The van der Waals surface area contributed by atoms with Gasteiger partial charge in [0.25, 0.3) is 5.91 Å². The molecule has 0 atom stereocenters. The van der Waals surface area contributed by atoms with Gasteiger partial charge in [0.15, 0.2) is 0 Å². The van der Waals surface area contributed by atoms with Gasteiger partial charge in [-0.1, -0.05) is 27.5 Å². The lowest BCUT2D eigenvalue weighted by atomic mass is 10.2. The van der Waals surface area contributed by atoms with Crippen LogP contribution in [0.5, 0.6) is 0 Å². The Labute approximate surface area is 131 Å². The number of hydrogen-bond donors (Lipinski definition) is 1. The van der Waals surface area contributed by atoms with Crippen molar-refractivity contribution < 1.29 is 9.18 Å². The van der Waals surface area contributed by atoms with Crippen molar-refractivity contribution >= 4 is 55.1 Å². The monoisotopic (exact) mass is 405 g/mol. The highest BCUT2D eigenvalue weighted by Gasteiger charge is 2.13. The molecule has 98 valence electrons. The minimum absolute atomic E-state index is 0.0231. The van der Waals surface area contributed by atoms with Gasteiger partial charge in [0.1, 0.15) is 5.82 Å². The maximum atomic E-state index is 13.6. The zero-order valence-electron chi connectivity index (χ0n) is 9.38. The molecule has 2 aromatic carbocycles. The summed E-state index contributed by atoms with van der Waals surface area (Å²) in [4.78, 5) is 12.0. The minimum atomic E-state index is -0.586. The molecule has 0 aliphatic rings. The average molecular weight is 407 g/mol. The molecule has 2 rings (SSSR count). The number of nitrogens with one attached hydrogen (secondary N) is 1. The van der Waals surface area contributed by atoms with E-state index in [1.54, 1.807) is 24.3 Å². The molecule has 0 aliphatic carbocycles. The van der Waals surface area contributed by atoms with E-state index >= 15 is 0 Å². The van der Waals surface area contributed by atoms with Crippen LogP contribution in [0.4, 0.5) is 10.1 Å². The maximum absolute atomic E-state index is 13.6. The molecule has 0 heterocycles. The van der Waals surface area contributed by atoms with Gasteiger partial charge in [-0.3, -0.25) is 4.79 Å². The van der Waals surface area contributed by atoms with E-state index in [4.69, 9.17) is 11.6 Å². The van der Waals surface area contributed by atoms with Crippen LogP contribution in [0.1, 0.15) is 10.4 Å². The van der Waals surface area contributed by atoms with Crippen molar-refractivity contribution in [2.24, 2.45) is 0 Å². The molecule has 0 bridgehead atoms. The Morgan fingerprint density at radius 2 is 1.89 bits per heavy atom. The molecule has 0 spiro atoms. The van der Waals surface area contributed by atoms with Crippen LogP contribution in [0.3, 0.4) is 0 Å². The first kappa shape index (κ1) is 14.5. The fourth-order valence-electron chi connectivity index (χ4n) is 1.45. The molecule has 1 amide bonds. The third-order valence-electron chi connectivity index (χ3n) is 2.36.